The summed E-state index contributed by atoms with van der Waals surface area (Å²) in [5.41, 5.74) is 1.40. The van der Waals surface area contributed by atoms with Crippen LogP contribution in [-0.2, 0) is 6.42 Å². The Balaban J connectivity index is 2.11. The molecule has 2 aromatic heterocycles. The maximum Gasteiger partial charge on any atom is 0.0897 e. The Hall–Kier alpha value is -0.710. The molecule has 1 atom stereocenters. The second kappa shape index (κ2) is 5.57. The van der Waals surface area contributed by atoms with Crippen LogP contribution in [-0.4, -0.2) is 11.5 Å². The molecule has 0 aromatic carbocycles. The van der Waals surface area contributed by atoms with Crippen molar-refractivity contribution >= 4 is 22.7 Å². The van der Waals surface area contributed by atoms with Crippen molar-refractivity contribution in [2.24, 2.45) is 0 Å². The van der Waals surface area contributed by atoms with E-state index in [-0.39, 0.29) is 0 Å². The highest BCUT2D eigenvalue weighted by Gasteiger charge is 2.13. The zero-order chi connectivity index (χ0) is 11.4. The average Bonchev–Trinajstić information content (AvgIpc) is 2.88. The summed E-state index contributed by atoms with van der Waals surface area (Å²) in [7, 11) is 0. The quantitative estimate of drug-likeness (QED) is 0.882. The summed E-state index contributed by atoms with van der Waals surface area (Å²) < 4.78 is 0. The first-order valence-corrected chi connectivity index (χ1v) is 7.22. The van der Waals surface area contributed by atoms with Gasteiger partial charge in [-0.05, 0) is 42.3 Å². The van der Waals surface area contributed by atoms with E-state index in [1.807, 2.05) is 6.20 Å². The number of hydrogen-bond donors (Lipinski definition) is 1. The second-order valence-electron chi connectivity index (χ2n) is 3.73. The van der Waals surface area contributed by atoms with Gasteiger partial charge >= 0.3 is 0 Å². The summed E-state index contributed by atoms with van der Waals surface area (Å²) in [5.74, 6) is 0. The molecule has 0 saturated heterocycles. The van der Waals surface area contributed by atoms with Crippen LogP contribution >= 0.6 is 22.7 Å². The molecule has 0 aliphatic carbocycles. The van der Waals surface area contributed by atoms with Crippen LogP contribution < -0.4 is 5.32 Å². The molecule has 2 rings (SSSR count). The molecule has 2 nitrogen and oxygen atoms in total. The molecule has 0 aliphatic rings. The fraction of sp³-hybridized carbons (Fsp3) is 0.417. The molecule has 0 fully saturated rings. The third-order valence-electron chi connectivity index (χ3n) is 2.45. The van der Waals surface area contributed by atoms with Crippen LogP contribution in [0.4, 0.5) is 0 Å². The van der Waals surface area contributed by atoms with Gasteiger partial charge in [0, 0.05) is 17.1 Å². The van der Waals surface area contributed by atoms with Gasteiger partial charge in [0.25, 0.3) is 0 Å². The lowest BCUT2D eigenvalue weighted by Crippen LogP contribution is -2.21. The van der Waals surface area contributed by atoms with Crippen molar-refractivity contribution in [3.63, 3.8) is 0 Å². The van der Waals surface area contributed by atoms with Crippen molar-refractivity contribution in [2.45, 2.75) is 26.3 Å². The highest BCUT2D eigenvalue weighted by Crippen LogP contribution is 2.24. The lowest BCUT2D eigenvalue weighted by Gasteiger charge is -2.14. The predicted octanol–water partition coefficient (Wildman–Crippen LogP) is 3.41. The lowest BCUT2D eigenvalue weighted by atomic mass is 10.1. The molecule has 2 aromatic rings. The van der Waals surface area contributed by atoms with E-state index in [9.17, 15) is 0 Å². The molecule has 16 heavy (non-hydrogen) atoms. The summed E-state index contributed by atoms with van der Waals surface area (Å²) in [4.78, 5) is 5.67. The minimum atomic E-state index is 0.408. The van der Waals surface area contributed by atoms with Crippen LogP contribution in [0.25, 0.3) is 0 Å². The second-order valence-corrected chi connectivity index (χ2v) is 5.77. The fourth-order valence-corrected chi connectivity index (χ4v) is 3.25. The summed E-state index contributed by atoms with van der Waals surface area (Å²) >= 11 is 3.55. The Labute approximate surface area is 104 Å². The molecule has 4 heteroatoms. The summed E-state index contributed by atoms with van der Waals surface area (Å²) in [5, 5.41) is 9.02. The highest BCUT2D eigenvalue weighted by molar-refractivity contribution is 7.11. The minimum absolute atomic E-state index is 0.408. The third-order valence-corrected chi connectivity index (χ3v) is 4.21. The summed E-state index contributed by atoms with van der Waals surface area (Å²) in [6.45, 7) is 5.20. The normalized spacial score (nSPS) is 12.9. The number of thiophene rings is 1. The average molecular weight is 252 g/mol. The van der Waals surface area contributed by atoms with Gasteiger partial charge in [0.05, 0.1) is 5.01 Å². The molecule has 0 radical (unpaired) electrons. The SMILES string of the molecule is CCNC(Cc1ccsc1)c1cnc(C)s1. The third kappa shape index (κ3) is 2.90. The van der Waals surface area contributed by atoms with Gasteiger partial charge in [0.1, 0.15) is 0 Å². The molecular weight excluding hydrogens is 236 g/mol. The molecular formula is C12H16N2S2. The maximum atomic E-state index is 4.33. The monoisotopic (exact) mass is 252 g/mol. The first-order chi connectivity index (χ1) is 7.79. The maximum absolute atomic E-state index is 4.33. The molecule has 1 unspecified atom stereocenters. The van der Waals surface area contributed by atoms with E-state index in [0.717, 1.165) is 18.0 Å². The van der Waals surface area contributed by atoms with Crippen LogP contribution in [0.5, 0.6) is 0 Å². The number of rotatable bonds is 5. The summed E-state index contributed by atoms with van der Waals surface area (Å²) in [6.07, 6.45) is 3.05. The zero-order valence-corrected chi connectivity index (χ0v) is 11.2. The van der Waals surface area contributed by atoms with Gasteiger partial charge in [-0.2, -0.15) is 11.3 Å². The van der Waals surface area contributed by atoms with Crippen LogP contribution in [0.2, 0.25) is 0 Å². The highest BCUT2D eigenvalue weighted by atomic mass is 32.1. The van der Waals surface area contributed by atoms with Crippen molar-refractivity contribution in [1.82, 2.24) is 10.3 Å². The number of nitrogens with zero attached hydrogens (tertiary/aromatic N) is 1. The van der Waals surface area contributed by atoms with Crippen molar-refractivity contribution in [3.05, 3.63) is 38.5 Å². The van der Waals surface area contributed by atoms with Gasteiger partial charge in [-0.3, -0.25) is 0 Å². The number of hydrogen-bond acceptors (Lipinski definition) is 4. The van der Waals surface area contributed by atoms with E-state index >= 15 is 0 Å². The smallest absolute Gasteiger partial charge is 0.0897 e. The van der Waals surface area contributed by atoms with E-state index < -0.39 is 0 Å². The van der Waals surface area contributed by atoms with Crippen molar-refractivity contribution in [3.8, 4) is 0 Å². The van der Waals surface area contributed by atoms with Gasteiger partial charge in [0.2, 0.25) is 0 Å². The van der Waals surface area contributed by atoms with Gasteiger partial charge in [0.15, 0.2) is 0 Å². The van der Waals surface area contributed by atoms with E-state index in [2.05, 4.69) is 41.0 Å². The number of likely N-dealkylation sites (N-methyl/N-ethyl adjacent to an activating group) is 1. The number of nitrogens with one attached hydrogen (secondary N) is 1. The Morgan fingerprint density at radius 3 is 2.94 bits per heavy atom. The standard InChI is InChI=1S/C12H16N2S2/c1-3-13-11(6-10-4-5-15-8-10)12-7-14-9(2)16-12/h4-5,7-8,11,13H,3,6H2,1-2H3. The molecule has 1 N–H and O–H groups in total. The van der Waals surface area contributed by atoms with E-state index in [0.29, 0.717) is 6.04 Å². The van der Waals surface area contributed by atoms with E-state index in [4.69, 9.17) is 0 Å². The van der Waals surface area contributed by atoms with Gasteiger partial charge in [-0.15, -0.1) is 11.3 Å². The fourth-order valence-electron chi connectivity index (χ4n) is 1.70. The minimum Gasteiger partial charge on any atom is -0.309 e. The van der Waals surface area contributed by atoms with Crippen molar-refractivity contribution < 1.29 is 0 Å². The largest absolute Gasteiger partial charge is 0.309 e. The Morgan fingerprint density at radius 2 is 2.38 bits per heavy atom. The Morgan fingerprint density at radius 1 is 1.50 bits per heavy atom. The molecule has 0 spiro atoms. The molecule has 0 amide bonds. The molecule has 0 bridgehead atoms. The van der Waals surface area contributed by atoms with Crippen LogP contribution in [0.3, 0.4) is 0 Å². The Kier molecular flexibility index (Phi) is 4.09. The number of thiazole rings is 1. The molecule has 0 saturated carbocycles. The van der Waals surface area contributed by atoms with E-state index in [1.165, 1.54) is 10.4 Å². The van der Waals surface area contributed by atoms with Gasteiger partial charge in [-0.1, -0.05) is 6.92 Å². The summed E-state index contributed by atoms with van der Waals surface area (Å²) in [6, 6.07) is 2.61. The molecule has 86 valence electrons. The topological polar surface area (TPSA) is 24.9 Å². The number of aromatic nitrogens is 1. The Bertz CT molecular complexity index is 420. The van der Waals surface area contributed by atoms with Crippen molar-refractivity contribution in [2.75, 3.05) is 6.54 Å². The number of aryl methyl sites for hydroxylation is 1. The first-order valence-electron chi connectivity index (χ1n) is 5.46. The van der Waals surface area contributed by atoms with Crippen LogP contribution in [0.1, 0.15) is 28.4 Å². The van der Waals surface area contributed by atoms with Gasteiger partial charge in [-0.25, -0.2) is 4.98 Å². The van der Waals surface area contributed by atoms with Crippen LogP contribution in [0, 0.1) is 6.92 Å². The lowest BCUT2D eigenvalue weighted by molar-refractivity contribution is 0.558. The van der Waals surface area contributed by atoms with Crippen molar-refractivity contribution in [1.29, 1.82) is 0 Å². The van der Waals surface area contributed by atoms with Crippen LogP contribution in [0.15, 0.2) is 23.0 Å². The molecule has 2 heterocycles. The molecule has 0 aliphatic heterocycles. The first kappa shape index (κ1) is 11.8. The van der Waals surface area contributed by atoms with E-state index in [1.54, 1.807) is 22.7 Å². The predicted molar refractivity (Wildman–Crippen MR) is 71.3 cm³/mol. The van der Waals surface area contributed by atoms with Gasteiger partial charge < -0.3 is 5.32 Å². The zero-order valence-electron chi connectivity index (χ0n) is 9.56.